The van der Waals surface area contributed by atoms with Crippen LogP contribution in [0.2, 0.25) is 0 Å². The Labute approximate surface area is 95.0 Å². The van der Waals surface area contributed by atoms with Gasteiger partial charge in [-0.1, -0.05) is 0 Å². The van der Waals surface area contributed by atoms with E-state index >= 15 is 0 Å². The third-order valence-corrected chi connectivity index (χ3v) is 2.95. The number of methoxy groups -OCH3 is 1. The SMILES string of the molecule is COC(=O)[C@@H]1CCCN1c1ccc(N)cc1. The Balaban J connectivity index is 2.19. The number of nitrogens with two attached hydrogens (primary N) is 1. The molecule has 0 unspecified atom stereocenters. The molecule has 86 valence electrons. The molecule has 0 saturated carbocycles. The van der Waals surface area contributed by atoms with Crippen molar-refractivity contribution < 1.29 is 9.53 Å². The van der Waals surface area contributed by atoms with E-state index in [1.165, 1.54) is 7.11 Å². The Morgan fingerprint density at radius 1 is 1.44 bits per heavy atom. The van der Waals surface area contributed by atoms with E-state index in [1.54, 1.807) is 0 Å². The zero-order chi connectivity index (χ0) is 11.5. The van der Waals surface area contributed by atoms with Gasteiger partial charge >= 0.3 is 5.97 Å². The van der Waals surface area contributed by atoms with Crippen molar-refractivity contribution in [3.05, 3.63) is 24.3 Å². The Kier molecular flexibility index (Phi) is 2.99. The van der Waals surface area contributed by atoms with Crippen LogP contribution in [0.5, 0.6) is 0 Å². The quantitative estimate of drug-likeness (QED) is 0.605. The second kappa shape index (κ2) is 4.43. The molecule has 1 saturated heterocycles. The number of nitrogens with zero attached hydrogens (tertiary/aromatic N) is 1. The van der Waals surface area contributed by atoms with Crippen LogP contribution in [0.25, 0.3) is 0 Å². The summed E-state index contributed by atoms with van der Waals surface area (Å²) in [6.45, 7) is 0.893. The summed E-state index contributed by atoms with van der Waals surface area (Å²) >= 11 is 0. The van der Waals surface area contributed by atoms with Crippen molar-refractivity contribution in [2.45, 2.75) is 18.9 Å². The zero-order valence-corrected chi connectivity index (χ0v) is 9.35. The molecule has 1 heterocycles. The summed E-state index contributed by atoms with van der Waals surface area (Å²) < 4.78 is 4.80. The molecular weight excluding hydrogens is 204 g/mol. The number of rotatable bonds is 2. The third kappa shape index (κ3) is 1.96. The number of carbonyl (C=O) groups is 1. The van der Waals surface area contributed by atoms with Gasteiger partial charge in [-0.25, -0.2) is 4.79 Å². The highest BCUT2D eigenvalue weighted by Gasteiger charge is 2.31. The largest absolute Gasteiger partial charge is 0.467 e. The first-order valence-electron chi connectivity index (χ1n) is 5.42. The molecule has 2 N–H and O–H groups in total. The summed E-state index contributed by atoms with van der Waals surface area (Å²) in [5.74, 6) is -0.158. The molecule has 0 aromatic heterocycles. The summed E-state index contributed by atoms with van der Waals surface area (Å²) in [5, 5.41) is 0. The molecule has 1 aromatic carbocycles. The van der Waals surface area contributed by atoms with Crippen molar-refractivity contribution in [2.24, 2.45) is 0 Å². The monoisotopic (exact) mass is 220 g/mol. The van der Waals surface area contributed by atoms with Gasteiger partial charge in [-0.2, -0.15) is 0 Å². The normalized spacial score (nSPS) is 19.8. The van der Waals surface area contributed by atoms with Gasteiger partial charge in [0.2, 0.25) is 0 Å². The topological polar surface area (TPSA) is 55.6 Å². The molecule has 0 bridgehead atoms. The lowest BCUT2D eigenvalue weighted by Gasteiger charge is -2.24. The molecule has 0 radical (unpaired) electrons. The summed E-state index contributed by atoms with van der Waals surface area (Å²) in [6, 6.07) is 7.44. The van der Waals surface area contributed by atoms with Crippen molar-refractivity contribution in [1.82, 2.24) is 0 Å². The van der Waals surface area contributed by atoms with Gasteiger partial charge in [0.25, 0.3) is 0 Å². The first-order valence-corrected chi connectivity index (χ1v) is 5.42. The van der Waals surface area contributed by atoms with Gasteiger partial charge in [0, 0.05) is 17.9 Å². The number of ether oxygens (including phenoxy) is 1. The van der Waals surface area contributed by atoms with Crippen molar-refractivity contribution in [2.75, 3.05) is 24.3 Å². The fourth-order valence-corrected chi connectivity index (χ4v) is 2.12. The fourth-order valence-electron chi connectivity index (χ4n) is 2.12. The molecule has 1 atom stereocenters. The summed E-state index contributed by atoms with van der Waals surface area (Å²) in [7, 11) is 1.43. The Morgan fingerprint density at radius 3 is 2.75 bits per heavy atom. The van der Waals surface area contributed by atoms with Gasteiger partial charge in [0.15, 0.2) is 0 Å². The number of benzene rings is 1. The van der Waals surface area contributed by atoms with Crippen molar-refractivity contribution >= 4 is 17.3 Å². The smallest absolute Gasteiger partial charge is 0.328 e. The van der Waals surface area contributed by atoms with Gasteiger partial charge in [-0.3, -0.25) is 0 Å². The van der Waals surface area contributed by atoms with Crippen LogP contribution in [-0.2, 0) is 9.53 Å². The van der Waals surface area contributed by atoms with Gasteiger partial charge < -0.3 is 15.4 Å². The van der Waals surface area contributed by atoms with Crippen LogP contribution in [0.1, 0.15) is 12.8 Å². The Hall–Kier alpha value is -1.71. The van der Waals surface area contributed by atoms with Gasteiger partial charge in [-0.05, 0) is 37.1 Å². The number of hydrogen-bond donors (Lipinski definition) is 1. The van der Waals surface area contributed by atoms with Crippen LogP contribution in [0, 0.1) is 0 Å². The molecule has 4 nitrogen and oxygen atoms in total. The molecule has 2 rings (SSSR count). The van der Waals surface area contributed by atoms with Crippen molar-refractivity contribution in [3.63, 3.8) is 0 Å². The minimum atomic E-state index is -0.158. The van der Waals surface area contributed by atoms with Crippen molar-refractivity contribution in [3.8, 4) is 0 Å². The molecule has 0 aliphatic carbocycles. The van der Waals surface area contributed by atoms with Crippen molar-refractivity contribution in [1.29, 1.82) is 0 Å². The molecule has 1 aromatic rings. The summed E-state index contributed by atoms with van der Waals surface area (Å²) in [6.07, 6.45) is 1.88. The number of esters is 1. The lowest BCUT2D eigenvalue weighted by molar-refractivity contribution is -0.141. The van der Waals surface area contributed by atoms with Crippen LogP contribution < -0.4 is 10.6 Å². The molecule has 0 amide bonds. The lowest BCUT2D eigenvalue weighted by Crippen LogP contribution is -2.36. The molecule has 1 aliphatic heterocycles. The third-order valence-electron chi connectivity index (χ3n) is 2.95. The van der Waals surface area contributed by atoms with Crippen LogP contribution in [0.3, 0.4) is 0 Å². The molecule has 1 fully saturated rings. The maximum Gasteiger partial charge on any atom is 0.328 e. The highest BCUT2D eigenvalue weighted by Crippen LogP contribution is 2.26. The molecule has 4 heteroatoms. The van der Waals surface area contributed by atoms with Crippen LogP contribution in [0.4, 0.5) is 11.4 Å². The number of hydrogen-bond acceptors (Lipinski definition) is 4. The van der Waals surface area contributed by atoms with E-state index in [0.717, 1.165) is 30.8 Å². The first-order chi connectivity index (χ1) is 7.72. The maximum absolute atomic E-state index is 11.6. The lowest BCUT2D eigenvalue weighted by atomic mass is 10.2. The highest BCUT2D eigenvalue weighted by atomic mass is 16.5. The van der Waals surface area contributed by atoms with E-state index in [4.69, 9.17) is 10.5 Å². The summed E-state index contributed by atoms with van der Waals surface area (Å²) in [5.41, 5.74) is 7.40. The minimum Gasteiger partial charge on any atom is -0.467 e. The maximum atomic E-state index is 11.6. The Bertz CT molecular complexity index is 375. The average molecular weight is 220 g/mol. The van der Waals surface area contributed by atoms with E-state index in [9.17, 15) is 4.79 Å². The van der Waals surface area contributed by atoms with E-state index in [1.807, 2.05) is 24.3 Å². The first kappa shape index (κ1) is 10.8. The Morgan fingerprint density at radius 2 is 2.12 bits per heavy atom. The van der Waals surface area contributed by atoms with Gasteiger partial charge in [0.05, 0.1) is 7.11 Å². The predicted molar refractivity (Wildman–Crippen MR) is 63.2 cm³/mol. The predicted octanol–water partition coefficient (Wildman–Crippen LogP) is 1.41. The standard InChI is InChI=1S/C12H16N2O2/c1-16-12(15)11-3-2-8-14(11)10-6-4-9(13)5-7-10/h4-7,11H,2-3,8,13H2,1H3/t11-/m0/s1. The van der Waals surface area contributed by atoms with Crippen LogP contribution in [0.15, 0.2) is 24.3 Å². The fraction of sp³-hybridized carbons (Fsp3) is 0.417. The van der Waals surface area contributed by atoms with Gasteiger partial charge in [-0.15, -0.1) is 0 Å². The van der Waals surface area contributed by atoms with E-state index in [0.29, 0.717) is 0 Å². The summed E-state index contributed by atoms with van der Waals surface area (Å²) in [4.78, 5) is 13.7. The number of anilines is 2. The zero-order valence-electron chi connectivity index (χ0n) is 9.35. The van der Waals surface area contributed by atoms with Crippen LogP contribution >= 0.6 is 0 Å². The van der Waals surface area contributed by atoms with E-state index in [2.05, 4.69) is 4.90 Å². The highest BCUT2D eigenvalue weighted by molar-refractivity contribution is 5.80. The van der Waals surface area contributed by atoms with E-state index < -0.39 is 0 Å². The number of nitrogen functional groups attached to an aromatic ring is 1. The molecular formula is C12H16N2O2. The number of carbonyl (C=O) groups excluding carboxylic acids is 1. The second-order valence-electron chi connectivity index (χ2n) is 3.97. The minimum absolute atomic E-state index is 0.145. The molecule has 0 spiro atoms. The van der Waals surface area contributed by atoms with E-state index in [-0.39, 0.29) is 12.0 Å². The van der Waals surface area contributed by atoms with Crippen LogP contribution in [-0.4, -0.2) is 25.7 Å². The molecule has 16 heavy (non-hydrogen) atoms. The van der Waals surface area contributed by atoms with Gasteiger partial charge in [0.1, 0.15) is 6.04 Å². The second-order valence-corrected chi connectivity index (χ2v) is 3.97. The average Bonchev–Trinajstić information content (AvgIpc) is 2.78. The molecule has 1 aliphatic rings.